The molecule has 0 saturated heterocycles. The third-order valence-corrected chi connectivity index (χ3v) is 4.02. The Morgan fingerprint density at radius 1 is 1.00 bits per heavy atom. The number of aliphatic hydroxyl groups is 1. The molecule has 0 spiro atoms. The van der Waals surface area contributed by atoms with Crippen molar-refractivity contribution in [2.75, 3.05) is 6.61 Å². The van der Waals surface area contributed by atoms with Gasteiger partial charge >= 0.3 is 0 Å². The van der Waals surface area contributed by atoms with E-state index in [9.17, 15) is 5.11 Å². The van der Waals surface area contributed by atoms with Crippen LogP contribution in [0.1, 0.15) is 16.7 Å². The van der Waals surface area contributed by atoms with Gasteiger partial charge in [0.05, 0.1) is 0 Å². The zero-order chi connectivity index (χ0) is 14.5. The summed E-state index contributed by atoms with van der Waals surface area (Å²) in [6, 6.07) is 13.9. The summed E-state index contributed by atoms with van der Waals surface area (Å²) in [5.74, 6) is 0.147. The molecule has 0 radical (unpaired) electrons. The smallest absolute Gasteiger partial charge is 0.0465 e. The molecule has 0 aliphatic heterocycles. The first kappa shape index (κ1) is 15.4. The standard InChI is InChI=1S/C17H18Cl2O/c1-12-2-4-13(5-3-12)8-14(11-20)9-15-10-16(18)6-7-17(15)19/h2-7,10,14,20H,8-9,11H2,1H3. The average molecular weight is 309 g/mol. The number of hydrogen-bond donors (Lipinski definition) is 1. The van der Waals surface area contributed by atoms with E-state index in [1.807, 2.05) is 6.07 Å². The molecule has 20 heavy (non-hydrogen) atoms. The maximum atomic E-state index is 9.59. The van der Waals surface area contributed by atoms with Crippen LogP contribution in [0, 0.1) is 12.8 Å². The van der Waals surface area contributed by atoms with Crippen LogP contribution >= 0.6 is 23.2 Å². The van der Waals surface area contributed by atoms with Crippen LogP contribution in [0.25, 0.3) is 0 Å². The van der Waals surface area contributed by atoms with Crippen molar-refractivity contribution in [3.05, 3.63) is 69.2 Å². The fraction of sp³-hybridized carbons (Fsp3) is 0.294. The molecule has 1 unspecified atom stereocenters. The lowest BCUT2D eigenvalue weighted by Gasteiger charge is -2.15. The maximum Gasteiger partial charge on any atom is 0.0465 e. The fourth-order valence-electron chi connectivity index (χ4n) is 2.27. The summed E-state index contributed by atoms with van der Waals surface area (Å²) in [5.41, 5.74) is 3.46. The van der Waals surface area contributed by atoms with Crippen molar-refractivity contribution in [2.24, 2.45) is 5.92 Å². The number of rotatable bonds is 5. The predicted molar refractivity (Wildman–Crippen MR) is 85.6 cm³/mol. The van der Waals surface area contributed by atoms with E-state index < -0.39 is 0 Å². The van der Waals surface area contributed by atoms with Gasteiger partial charge in [-0.25, -0.2) is 0 Å². The van der Waals surface area contributed by atoms with Crippen LogP contribution < -0.4 is 0 Å². The average Bonchev–Trinajstić information content (AvgIpc) is 2.44. The quantitative estimate of drug-likeness (QED) is 0.849. The fourth-order valence-corrected chi connectivity index (χ4v) is 2.66. The minimum Gasteiger partial charge on any atom is -0.396 e. The summed E-state index contributed by atoms with van der Waals surface area (Å²) in [6.07, 6.45) is 1.56. The lowest BCUT2D eigenvalue weighted by Crippen LogP contribution is -2.13. The van der Waals surface area contributed by atoms with Gasteiger partial charge in [-0.3, -0.25) is 0 Å². The molecule has 0 aromatic heterocycles. The highest BCUT2D eigenvalue weighted by molar-refractivity contribution is 6.33. The zero-order valence-electron chi connectivity index (χ0n) is 11.4. The van der Waals surface area contributed by atoms with Gasteiger partial charge in [-0.15, -0.1) is 0 Å². The van der Waals surface area contributed by atoms with Crippen LogP contribution in [-0.4, -0.2) is 11.7 Å². The van der Waals surface area contributed by atoms with Gasteiger partial charge in [-0.2, -0.15) is 0 Å². The lowest BCUT2D eigenvalue weighted by atomic mass is 9.93. The van der Waals surface area contributed by atoms with Crippen LogP contribution in [0.15, 0.2) is 42.5 Å². The van der Waals surface area contributed by atoms with Crippen molar-refractivity contribution in [1.29, 1.82) is 0 Å². The number of aryl methyl sites for hydroxylation is 1. The Balaban J connectivity index is 2.08. The normalized spacial score (nSPS) is 12.4. The molecule has 2 aromatic rings. The molecule has 1 atom stereocenters. The summed E-state index contributed by atoms with van der Waals surface area (Å²) in [6.45, 7) is 2.20. The Bertz CT molecular complexity index is 564. The minimum absolute atomic E-state index is 0.136. The summed E-state index contributed by atoms with van der Waals surface area (Å²) in [4.78, 5) is 0. The van der Waals surface area contributed by atoms with Crippen LogP contribution in [0.5, 0.6) is 0 Å². The van der Waals surface area contributed by atoms with E-state index in [4.69, 9.17) is 23.2 Å². The monoisotopic (exact) mass is 308 g/mol. The molecule has 0 fully saturated rings. The van der Waals surface area contributed by atoms with Crippen molar-refractivity contribution in [2.45, 2.75) is 19.8 Å². The van der Waals surface area contributed by atoms with Crippen LogP contribution in [0.3, 0.4) is 0 Å². The van der Waals surface area contributed by atoms with Crippen molar-refractivity contribution in [3.63, 3.8) is 0 Å². The largest absolute Gasteiger partial charge is 0.396 e. The van der Waals surface area contributed by atoms with Gasteiger partial charge in [0.1, 0.15) is 0 Å². The van der Waals surface area contributed by atoms with Gasteiger partial charge in [0.25, 0.3) is 0 Å². The first-order valence-electron chi connectivity index (χ1n) is 6.69. The van der Waals surface area contributed by atoms with E-state index >= 15 is 0 Å². The van der Waals surface area contributed by atoms with Crippen LogP contribution in [0.4, 0.5) is 0 Å². The Kier molecular flexibility index (Phi) is 5.47. The zero-order valence-corrected chi connectivity index (χ0v) is 13.0. The maximum absolute atomic E-state index is 9.59. The van der Waals surface area contributed by atoms with Gasteiger partial charge in [-0.1, -0.05) is 53.0 Å². The molecule has 0 saturated carbocycles. The second-order valence-corrected chi connectivity index (χ2v) is 6.02. The first-order chi connectivity index (χ1) is 9.58. The predicted octanol–water partition coefficient (Wildman–Crippen LogP) is 4.70. The van der Waals surface area contributed by atoms with E-state index in [2.05, 4.69) is 31.2 Å². The van der Waals surface area contributed by atoms with Gasteiger partial charge in [0, 0.05) is 16.7 Å². The molecule has 3 heteroatoms. The molecule has 2 aromatic carbocycles. The summed E-state index contributed by atoms with van der Waals surface area (Å²) in [7, 11) is 0. The third-order valence-electron chi connectivity index (χ3n) is 3.42. The highest BCUT2D eigenvalue weighted by atomic mass is 35.5. The summed E-state index contributed by atoms with van der Waals surface area (Å²) in [5, 5.41) is 11.0. The summed E-state index contributed by atoms with van der Waals surface area (Å²) < 4.78 is 0. The highest BCUT2D eigenvalue weighted by Gasteiger charge is 2.12. The van der Waals surface area contributed by atoms with Gasteiger partial charge in [0.15, 0.2) is 0 Å². The van der Waals surface area contributed by atoms with Gasteiger partial charge < -0.3 is 5.11 Å². The Morgan fingerprint density at radius 3 is 2.35 bits per heavy atom. The molecule has 0 aliphatic carbocycles. The van der Waals surface area contributed by atoms with E-state index in [-0.39, 0.29) is 12.5 Å². The molecule has 0 amide bonds. The van der Waals surface area contributed by atoms with Crippen molar-refractivity contribution >= 4 is 23.2 Å². The number of hydrogen-bond acceptors (Lipinski definition) is 1. The molecule has 1 N–H and O–H groups in total. The molecule has 2 rings (SSSR count). The van der Waals surface area contributed by atoms with Crippen LogP contribution in [0.2, 0.25) is 10.0 Å². The van der Waals surface area contributed by atoms with Crippen molar-refractivity contribution in [1.82, 2.24) is 0 Å². The molecular weight excluding hydrogens is 291 g/mol. The Hall–Kier alpha value is -1.02. The van der Waals surface area contributed by atoms with E-state index in [1.165, 1.54) is 11.1 Å². The van der Waals surface area contributed by atoms with E-state index in [0.29, 0.717) is 10.0 Å². The number of benzene rings is 2. The Morgan fingerprint density at radius 2 is 1.70 bits per heavy atom. The Labute approximate surface area is 130 Å². The van der Waals surface area contributed by atoms with Gasteiger partial charge in [-0.05, 0) is 55.0 Å². The second-order valence-electron chi connectivity index (χ2n) is 5.18. The van der Waals surface area contributed by atoms with E-state index in [0.717, 1.165) is 18.4 Å². The first-order valence-corrected chi connectivity index (χ1v) is 7.44. The number of halogens is 2. The van der Waals surface area contributed by atoms with Crippen molar-refractivity contribution in [3.8, 4) is 0 Å². The van der Waals surface area contributed by atoms with E-state index in [1.54, 1.807) is 12.1 Å². The molecular formula is C17H18Cl2O. The molecule has 0 heterocycles. The second kappa shape index (κ2) is 7.12. The topological polar surface area (TPSA) is 20.2 Å². The highest BCUT2D eigenvalue weighted by Crippen LogP contribution is 2.24. The third kappa shape index (κ3) is 4.24. The summed E-state index contributed by atoms with van der Waals surface area (Å²) >= 11 is 12.2. The molecule has 0 aliphatic rings. The molecule has 1 nitrogen and oxygen atoms in total. The number of aliphatic hydroxyl groups excluding tert-OH is 1. The lowest BCUT2D eigenvalue weighted by molar-refractivity contribution is 0.225. The van der Waals surface area contributed by atoms with Crippen LogP contribution in [-0.2, 0) is 12.8 Å². The minimum atomic E-state index is 0.136. The van der Waals surface area contributed by atoms with Crippen molar-refractivity contribution < 1.29 is 5.11 Å². The van der Waals surface area contributed by atoms with Gasteiger partial charge in [0.2, 0.25) is 0 Å². The molecule has 0 bridgehead atoms. The molecule has 106 valence electrons. The SMILES string of the molecule is Cc1ccc(CC(CO)Cc2cc(Cl)ccc2Cl)cc1.